The van der Waals surface area contributed by atoms with Crippen molar-refractivity contribution >= 4 is 3.21 Å². The quantitative estimate of drug-likeness (QED) is 0.405. The molecule has 2 fully saturated rings. The van der Waals surface area contributed by atoms with Gasteiger partial charge in [0.05, 0.1) is 0 Å². The molecule has 0 amide bonds. The number of hydrogen-bond donors (Lipinski definition) is 0. The van der Waals surface area contributed by atoms with Gasteiger partial charge >= 0.3 is 138 Å². The average molecular weight is 751 g/mol. The van der Waals surface area contributed by atoms with Gasteiger partial charge in [-0.05, 0) is 29.6 Å². The molecule has 6 aliphatic carbocycles. The van der Waals surface area contributed by atoms with Gasteiger partial charge in [-0.3, -0.25) is 6.08 Å². The Kier molecular flexibility index (Phi) is 13.7. The van der Waals surface area contributed by atoms with E-state index < -0.39 is 0 Å². The van der Waals surface area contributed by atoms with Gasteiger partial charge in [0, 0.05) is 0 Å². The predicted molar refractivity (Wildman–Crippen MR) is 193 cm³/mol. The maximum absolute atomic E-state index is 2.99. The van der Waals surface area contributed by atoms with E-state index in [2.05, 4.69) is 180 Å². The number of hydrogen-bond acceptors (Lipinski definition) is 0. The largest absolute Gasteiger partial charge is 1.00 e. The Labute approximate surface area is 317 Å². The standard InChI is InChI=1S/C21H21.C19H22.C5H5.2ClH.Zr/c1-2-8-15-14(7-1)13-20-18-11-4-3-9-16(18)17-10-5-6-12-19(17)21(15)20;1-18(2,16-11-7-5-8-12-16)15-19(3,4)17-13-9-6-10-14-17;1-2-4-5-3-1;;;/h1-21H;5-14H,1-4H3;1-3H,4H2;2*1H;/q-1;;-1;;;+2/p-2. The molecule has 0 aliphatic heterocycles. The summed E-state index contributed by atoms with van der Waals surface area (Å²) in [6.45, 7) is 9.38. The molecule has 0 nitrogen and oxygen atoms in total. The zero-order chi connectivity index (χ0) is 32.1. The van der Waals surface area contributed by atoms with Crippen LogP contribution in [0.1, 0.15) is 45.2 Å². The first kappa shape index (κ1) is 38.5. The second-order valence-electron chi connectivity index (χ2n) is 14.5. The summed E-state index contributed by atoms with van der Waals surface area (Å²) in [7, 11) is 0. The van der Waals surface area contributed by atoms with Gasteiger partial charge in [0.1, 0.15) is 0 Å². The fourth-order valence-electron chi connectivity index (χ4n) is 8.70. The summed E-state index contributed by atoms with van der Waals surface area (Å²) in [6, 6.07) is 21.7. The summed E-state index contributed by atoms with van der Waals surface area (Å²) >= 11 is 1.51. The summed E-state index contributed by atoms with van der Waals surface area (Å²) in [5.41, 5.74) is 2.99. The molecule has 0 radical (unpaired) electrons. The van der Waals surface area contributed by atoms with Crippen LogP contribution >= 0.6 is 0 Å². The van der Waals surface area contributed by atoms with Gasteiger partial charge in [0.2, 0.25) is 0 Å². The summed E-state index contributed by atoms with van der Waals surface area (Å²) in [6.07, 6.45) is 41.0. The van der Waals surface area contributed by atoms with E-state index in [1.807, 2.05) is 12.2 Å². The molecule has 6 aliphatic rings. The van der Waals surface area contributed by atoms with E-state index in [0.717, 1.165) is 18.3 Å². The van der Waals surface area contributed by atoms with Crippen molar-refractivity contribution < 1.29 is 49.0 Å². The van der Waals surface area contributed by atoms with Crippen LogP contribution < -0.4 is 24.8 Å². The fraction of sp³-hybridized carbons (Fsp3) is 0.333. The Balaban J connectivity index is 0.000000183. The van der Waals surface area contributed by atoms with E-state index in [9.17, 15) is 0 Å². The van der Waals surface area contributed by atoms with Crippen LogP contribution in [0, 0.1) is 59.8 Å². The van der Waals surface area contributed by atoms with Gasteiger partial charge in [-0.25, -0.2) is 12.2 Å². The van der Waals surface area contributed by atoms with Crippen molar-refractivity contribution in [1.29, 1.82) is 0 Å². The number of rotatable bonds is 4. The molecule has 0 spiro atoms. The van der Waals surface area contributed by atoms with E-state index in [0.29, 0.717) is 35.5 Å². The molecule has 48 heavy (non-hydrogen) atoms. The Hall–Kier alpha value is -2.31. The smallest absolute Gasteiger partial charge is 0.109 e. The summed E-state index contributed by atoms with van der Waals surface area (Å²) in [5, 5.41) is 0. The maximum atomic E-state index is 2.99. The number of allylic oxidation sites excluding steroid dienone is 16. The Bertz CT molecular complexity index is 1540. The van der Waals surface area contributed by atoms with Crippen LogP contribution in [0.25, 0.3) is 0 Å². The Morgan fingerprint density at radius 2 is 1.06 bits per heavy atom. The molecule has 8 atom stereocenters. The second-order valence-corrected chi connectivity index (χ2v) is 15.7. The van der Waals surface area contributed by atoms with Crippen molar-refractivity contribution in [2.75, 3.05) is 0 Å². The summed E-state index contributed by atoms with van der Waals surface area (Å²) in [4.78, 5) is 0. The van der Waals surface area contributed by atoms with Gasteiger partial charge < -0.3 is 31.2 Å². The van der Waals surface area contributed by atoms with Gasteiger partial charge in [0.15, 0.2) is 0 Å². The summed E-state index contributed by atoms with van der Waals surface area (Å²) in [5.74, 6) is 5.66. The van der Waals surface area contributed by atoms with E-state index >= 15 is 0 Å². The molecule has 3 heteroatoms. The third-order valence-electron chi connectivity index (χ3n) is 11.2. The molecule has 8 unspecified atom stereocenters. The number of fused-ring (bicyclic) bond motifs is 8. The zero-order valence-electron chi connectivity index (χ0n) is 28.6. The molecule has 0 bridgehead atoms. The zero-order valence-corrected chi connectivity index (χ0v) is 32.6. The van der Waals surface area contributed by atoms with Crippen molar-refractivity contribution in [2.45, 2.75) is 44.9 Å². The molecular formula is C45H48Cl2Zr-2. The monoisotopic (exact) mass is 748 g/mol. The van der Waals surface area contributed by atoms with Gasteiger partial charge in [0.25, 0.3) is 0 Å². The fourth-order valence-corrected chi connectivity index (χ4v) is 9.41. The minimum atomic E-state index is 0. The van der Waals surface area contributed by atoms with Crippen LogP contribution in [0.4, 0.5) is 0 Å². The van der Waals surface area contributed by atoms with Crippen molar-refractivity contribution in [3.8, 4) is 0 Å². The SMILES string of the molecule is C1=CC2[CH-]C3C4C=CC=CC4C4C=CC=CC4C3C2C=C1.CC(C)([C](=[Zr+2])C(C)(C)c1ccccc1)c1ccccc1.[C-]1=CC=CC1.[Cl-].[Cl-]. The first-order chi connectivity index (χ1) is 22.3. The molecule has 2 aromatic rings. The van der Waals surface area contributed by atoms with Crippen molar-refractivity contribution in [3.05, 3.63) is 175 Å². The van der Waals surface area contributed by atoms with Crippen LogP contribution in [0.3, 0.4) is 0 Å². The molecule has 2 saturated carbocycles. The van der Waals surface area contributed by atoms with E-state index in [1.54, 1.807) is 3.21 Å². The van der Waals surface area contributed by atoms with Crippen LogP contribution in [-0.4, -0.2) is 3.21 Å². The molecule has 0 heterocycles. The molecule has 0 saturated heterocycles. The topological polar surface area (TPSA) is 0 Å². The normalized spacial score (nSPS) is 29.5. The van der Waals surface area contributed by atoms with Crippen LogP contribution in [0.5, 0.6) is 0 Å². The Morgan fingerprint density at radius 1 is 0.604 bits per heavy atom. The second kappa shape index (κ2) is 17.1. The first-order valence-electron chi connectivity index (χ1n) is 17.1. The Morgan fingerprint density at radius 3 is 1.54 bits per heavy atom. The number of benzene rings is 2. The molecule has 2 aromatic carbocycles. The summed E-state index contributed by atoms with van der Waals surface area (Å²) < 4.78 is 1.58. The minimum Gasteiger partial charge on any atom is -1.00 e. The third kappa shape index (κ3) is 8.01. The third-order valence-corrected chi connectivity index (χ3v) is 14.2. The molecule has 248 valence electrons. The van der Waals surface area contributed by atoms with E-state index in [4.69, 9.17) is 0 Å². The predicted octanol–water partition coefficient (Wildman–Crippen LogP) is 4.50. The molecule has 8 rings (SSSR count). The molecule has 0 N–H and O–H groups in total. The van der Waals surface area contributed by atoms with Gasteiger partial charge in [-0.2, -0.15) is 12.0 Å². The minimum absolute atomic E-state index is 0. The van der Waals surface area contributed by atoms with Crippen molar-refractivity contribution in [2.24, 2.45) is 47.3 Å². The van der Waals surface area contributed by atoms with Gasteiger partial charge in [-0.15, -0.1) is 18.4 Å². The van der Waals surface area contributed by atoms with Crippen molar-refractivity contribution in [1.82, 2.24) is 0 Å². The van der Waals surface area contributed by atoms with Crippen molar-refractivity contribution in [3.63, 3.8) is 0 Å². The average Bonchev–Trinajstić information content (AvgIpc) is 3.82. The van der Waals surface area contributed by atoms with Crippen LogP contribution in [-0.2, 0) is 35.1 Å². The number of halogens is 2. The maximum Gasteiger partial charge on any atom is -0.109 e. The van der Waals surface area contributed by atoms with Crippen LogP contribution in [0.15, 0.2) is 152 Å². The van der Waals surface area contributed by atoms with Gasteiger partial charge in [-0.1, -0.05) is 72.8 Å². The molecule has 0 aromatic heterocycles. The van der Waals surface area contributed by atoms with E-state index in [1.165, 1.54) is 35.4 Å². The molecular weight excluding hydrogens is 703 g/mol. The first-order valence-corrected chi connectivity index (χ1v) is 18.4. The van der Waals surface area contributed by atoms with Crippen LogP contribution in [0.2, 0.25) is 0 Å². The van der Waals surface area contributed by atoms with E-state index in [-0.39, 0.29) is 35.6 Å².